The lowest BCUT2D eigenvalue weighted by Gasteiger charge is -1.90. The summed E-state index contributed by atoms with van der Waals surface area (Å²) < 4.78 is 0. The molecule has 0 radical (unpaired) electrons. The molecule has 0 bridgehead atoms. The molecule has 1 heterocycles. The summed E-state index contributed by atoms with van der Waals surface area (Å²) in [5.74, 6) is -0.108. The summed E-state index contributed by atoms with van der Waals surface area (Å²) in [5.41, 5.74) is 0. The number of hydrogen-bond acceptors (Lipinski definition) is 4. The predicted molar refractivity (Wildman–Crippen MR) is 61.7 cm³/mol. The zero-order chi connectivity index (χ0) is 11.0. The molecule has 0 spiro atoms. The molecule has 0 fully saturated rings. The van der Waals surface area contributed by atoms with E-state index < -0.39 is 0 Å². The second-order valence-electron chi connectivity index (χ2n) is 2.74. The van der Waals surface area contributed by atoms with Crippen LogP contribution in [0.1, 0.15) is 40.6 Å². The number of rotatable bonds is 2. The van der Waals surface area contributed by atoms with Crippen LogP contribution in [0.15, 0.2) is 0 Å². The van der Waals surface area contributed by atoms with Crippen molar-refractivity contribution in [1.82, 2.24) is 10.2 Å². The van der Waals surface area contributed by atoms with Gasteiger partial charge in [-0.2, -0.15) is 0 Å². The number of nitrogens with one attached hydrogen (secondary N) is 1. The van der Waals surface area contributed by atoms with Crippen LogP contribution in [-0.4, -0.2) is 16.1 Å². The third-order valence-corrected chi connectivity index (χ3v) is 2.04. The lowest BCUT2D eigenvalue weighted by atomic mass is 10.5. The first-order chi connectivity index (χ1) is 6.63. The van der Waals surface area contributed by atoms with E-state index in [4.69, 9.17) is 0 Å². The second kappa shape index (κ2) is 7.44. The van der Waals surface area contributed by atoms with Crippen molar-refractivity contribution < 1.29 is 6.22 Å². The van der Waals surface area contributed by atoms with Crippen molar-refractivity contribution in [3.8, 4) is 0 Å². The number of anilines is 1. The van der Waals surface area contributed by atoms with E-state index in [9.17, 15) is 4.79 Å². The Hall–Kier alpha value is -0.970. The first kappa shape index (κ1) is 13.0. The smallest absolute Gasteiger partial charge is 0.223 e. The largest absolute Gasteiger partial charge is 0.301 e. The van der Waals surface area contributed by atoms with Crippen LogP contribution in [0.4, 0.5) is 5.13 Å². The van der Waals surface area contributed by atoms with Crippen molar-refractivity contribution in [2.75, 3.05) is 5.32 Å². The van der Waals surface area contributed by atoms with Crippen LogP contribution in [0.3, 0.4) is 0 Å². The van der Waals surface area contributed by atoms with E-state index in [1.54, 1.807) is 0 Å². The molecule has 1 amide bonds. The fraction of sp³-hybridized carbons (Fsp3) is 0.667. The highest BCUT2D eigenvalue weighted by molar-refractivity contribution is 7.15. The average Bonchev–Trinajstić information content (AvgIpc) is 2.52. The summed E-state index contributed by atoms with van der Waals surface area (Å²) in [6.45, 7) is 7.70. The number of amides is 1. The van der Waals surface area contributed by atoms with Gasteiger partial charge in [-0.1, -0.05) is 38.5 Å². The molecule has 4 nitrogen and oxygen atoms in total. The van der Waals surface area contributed by atoms with Gasteiger partial charge in [-0.05, 0) is 6.42 Å². The number of aromatic nitrogens is 2. The van der Waals surface area contributed by atoms with Crippen molar-refractivity contribution in [2.45, 2.75) is 40.5 Å². The van der Waals surface area contributed by atoms with Gasteiger partial charge in [0.25, 0.3) is 0 Å². The molecule has 0 unspecified atom stereocenters. The molecule has 1 N–H and O–H groups in total. The van der Waals surface area contributed by atoms with Crippen LogP contribution in [0.5, 0.6) is 0 Å². The van der Waals surface area contributed by atoms with E-state index >= 15 is 0 Å². The van der Waals surface area contributed by atoms with Gasteiger partial charge in [0.15, 0.2) is 0 Å². The Morgan fingerprint density at radius 2 is 2.00 bits per heavy atom. The Kier molecular flexibility index (Phi) is 6.92. The standard InChI is InChI=1S/C6H9N3OS.C3H8.H2/c1-3-5-8-9-6(11-5)7-4(2)10;1-3-2;/h3H2,1-2H3,(H,7,9,10);3H2,1-2H3;1H. The monoisotopic (exact) mass is 217 g/mol. The molecule has 0 aliphatic carbocycles. The van der Waals surface area contributed by atoms with Gasteiger partial charge in [0.2, 0.25) is 11.0 Å². The fourth-order valence-electron chi connectivity index (χ4n) is 0.598. The highest BCUT2D eigenvalue weighted by Gasteiger charge is 2.01. The van der Waals surface area contributed by atoms with Crippen LogP contribution >= 0.6 is 11.3 Å². The lowest BCUT2D eigenvalue weighted by Crippen LogP contribution is -2.04. The van der Waals surface area contributed by atoms with Crippen LogP contribution in [0.2, 0.25) is 0 Å². The molecule has 0 aliphatic rings. The van der Waals surface area contributed by atoms with E-state index in [0.717, 1.165) is 11.4 Å². The first-order valence-electron chi connectivity index (χ1n) is 4.73. The maximum atomic E-state index is 10.5. The number of nitrogens with zero attached hydrogens (tertiary/aromatic N) is 2. The van der Waals surface area contributed by atoms with Crippen LogP contribution in [0, 0.1) is 0 Å². The zero-order valence-corrected chi connectivity index (χ0v) is 9.94. The number of aryl methyl sites for hydroxylation is 1. The molecule has 0 saturated heterocycles. The van der Waals surface area contributed by atoms with Crippen LogP contribution in [-0.2, 0) is 11.2 Å². The third-order valence-electron chi connectivity index (χ3n) is 1.05. The van der Waals surface area contributed by atoms with E-state index in [0.29, 0.717) is 5.13 Å². The zero-order valence-electron chi connectivity index (χ0n) is 9.13. The van der Waals surface area contributed by atoms with Gasteiger partial charge in [0, 0.05) is 8.35 Å². The molecule has 5 heteroatoms. The Bertz CT molecular complexity index is 278. The summed E-state index contributed by atoms with van der Waals surface area (Å²) >= 11 is 1.41. The predicted octanol–water partition coefficient (Wildman–Crippen LogP) is 2.72. The maximum absolute atomic E-state index is 10.5. The normalized spacial score (nSPS) is 8.86. The van der Waals surface area contributed by atoms with Gasteiger partial charge in [0.05, 0.1) is 0 Å². The summed E-state index contributed by atoms with van der Waals surface area (Å²) in [6.07, 6.45) is 2.11. The molecule has 0 aliphatic heterocycles. The molecule has 1 rings (SSSR count). The molecular formula is C9H19N3OS. The fourth-order valence-corrected chi connectivity index (χ4v) is 1.32. The Morgan fingerprint density at radius 3 is 2.36 bits per heavy atom. The summed E-state index contributed by atoms with van der Waals surface area (Å²) in [5, 5.41) is 11.7. The minimum Gasteiger partial charge on any atom is -0.301 e. The van der Waals surface area contributed by atoms with Gasteiger partial charge >= 0.3 is 0 Å². The summed E-state index contributed by atoms with van der Waals surface area (Å²) in [6, 6.07) is 0. The summed E-state index contributed by atoms with van der Waals surface area (Å²) in [7, 11) is 0. The lowest BCUT2D eigenvalue weighted by molar-refractivity contribution is -0.114. The van der Waals surface area contributed by atoms with Crippen molar-refractivity contribution in [3.63, 3.8) is 0 Å². The highest BCUT2D eigenvalue weighted by Crippen LogP contribution is 2.14. The van der Waals surface area contributed by atoms with Crippen molar-refractivity contribution in [2.24, 2.45) is 0 Å². The van der Waals surface area contributed by atoms with Crippen LogP contribution < -0.4 is 5.32 Å². The minimum atomic E-state index is -0.108. The molecular weight excluding hydrogens is 198 g/mol. The quantitative estimate of drug-likeness (QED) is 0.828. The average molecular weight is 217 g/mol. The number of carbonyl (C=O) groups excluding carboxylic acids is 1. The van der Waals surface area contributed by atoms with Crippen LogP contribution in [0.25, 0.3) is 0 Å². The first-order valence-corrected chi connectivity index (χ1v) is 5.55. The molecule has 82 valence electrons. The van der Waals surface area contributed by atoms with Crippen molar-refractivity contribution in [3.05, 3.63) is 5.01 Å². The van der Waals surface area contributed by atoms with E-state index in [1.807, 2.05) is 6.92 Å². The Balaban J connectivity index is 0. The minimum absolute atomic E-state index is 0. The number of carbonyl (C=O) groups is 1. The Labute approximate surface area is 90.2 Å². The third kappa shape index (κ3) is 5.64. The molecule has 1 aromatic heterocycles. The van der Waals surface area contributed by atoms with Gasteiger partial charge in [0.1, 0.15) is 5.01 Å². The molecule has 14 heavy (non-hydrogen) atoms. The van der Waals surface area contributed by atoms with Gasteiger partial charge in [-0.3, -0.25) is 4.79 Å². The summed E-state index contributed by atoms with van der Waals surface area (Å²) in [4.78, 5) is 10.5. The van der Waals surface area contributed by atoms with Crippen molar-refractivity contribution in [1.29, 1.82) is 0 Å². The molecule has 0 aromatic carbocycles. The highest BCUT2D eigenvalue weighted by atomic mass is 32.1. The van der Waals surface area contributed by atoms with E-state index in [1.165, 1.54) is 24.7 Å². The molecule has 0 atom stereocenters. The number of hydrogen-bond donors (Lipinski definition) is 1. The molecule has 0 saturated carbocycles. The second-order valence-corrected chi connectivity index (χ2v) is 3.80. The van der Waals surface area contributed by atoms with Gasteiger partial charge in [-0.15, -0.1) is 10.2 Å². The topological polar surface area (TPSA) is 54.9 Å². The van der Waals surface area contributed by atoms with Gasteiger partial charge < -0.3 is 5.32 Å². The van der Waals surface area contributed by atoms with Gasteiger partial charge in [-0.25, -0.2) is 0 Å². The van der Waals surface area contributed by atoms with Crippen molar-refractivity contribution >= 4 is 22.4 Å². The maximum Gasteiger partial charge on any atom is 0.223 e. The van der Waals surface area contributed by atoms with E-state index in [2.05, 4.69) is 29.4 Å². The Morgan fingerprint density at radius 1 is 1.43 bits per heavy atom. The van der Waals surface area contributed by atoms with E-state index in [-0.39, 0.29) is 7.33 Å². The SMILES string of the molecule is CCC.CCc1nnc(NC(C)=O)s1.[HH]. The molecule has 1 aromatic rings.